The van der Waals surface area contributed by atoms with Crippen LogP contribution in [0.1, 0.15) is 19.3 Å². The number of nitrogens with one attached hydrogen (secondary N) is 2. The van der Waals surface area contributed by atoms with Crippen LogP contribution in [0.5, 0.6) is 0 Å². The minimum Gasteiger partial charge on any atom is -0.481 e. The number of carboxylic acid groups (broad SMARTS) is 1. The fourth-order valence-electron chi connectivity index (χ4n) is 1.99. The van der Waals surface area contributed by atoms with Crippen molar-refractivity contribution in [3.63, 3.8) is 0 Å². The quantitative estimate of drug-likeness (QED) is 0.701. The van der Waals surface area contributed by atoms with Gasteiger partial charge in [-0.15, -0.1) is 0 Å². The highest BCUT2D eigenvalue weighted by molar-refractivity contribution is 7.89. The molecule has 0 aliphatic heterocycles. The third-order valence-electron chi connectivity index (χ3n) is 2.87. The van der Waals surface area contributed by atoms with Gasteiger partial charge in [0.05, 0.1) is 18.4 Å². The van der Waals surface area contributed by atoms with E-state index in [1.807, 2.05) is 0 Å². The summed E-state index contributed by atoms with van der Waals surface area (Å²) in [6.07, 6.45) is 3.88. The van der Waals surface area contributed by atoms with Crippen LogP contribution in [0.4, 0.5) is 0 Å². The van der Waals surface area contributed by atoms with Gasteiger partial charge < -0.3 is 10.1 Å². The van der Waals surface area contributed by atoms with Crippen LogP contribution in [0.25, 0.3) is 0 Å². The van der Waals surface area contributed by atoms with Crippen molar-refractivity contribution in [2.45, 2.75) is 30.3 Å². The molecule has 7 nitrogen and oxygen atoms in total. The van der Waals surface area contributed by atoms with Crippen molar-refractivity contribution in [1.29, 1.82) is 0 Å². The summed E-state index contributed by atoms with van der Waals surface area (Å²) in [5.41, 5.74) is 0. The maximum atomic E-state index is 11.8. The first-order valence-corrected chi connectivity index (χ1v) is 6.71. The molecule has 0 saturated heterocycles. The van der Waals surface area contributed by atoms with Gasteiger partial charge in [-0.2, -0.15) is 0 Å². The number of imidazole rings is 1. The molecule has 1 saturated carbocycles. The molecular weight excluding hydrogens is 246 g/mol. The lowest BCUT2D eigenvalue weighted by Crippen LogP contribution is -2.33. The lowest BCUT2D eigenvalue weighted by molar-refractivity contribution is -0.141. The molecule has 1 fully saturated rings. The van der Waals surface area contributed by atoms with Gasteiger partial charge in [0.2, 0.25) is 0 Å². The largest absolute Gasteiger partial charge is 0.481 e. The van der Waals surface area contributed by atoms with E-state index in [9.17, 15) is 13.2 Å². The minimum atomic E-state index is -3.61. The van der Waals surface area contributed by atoms with Crippen LogP contribution < -0.4 is 4.72 Å². The predicted octanol–water partition coefficient (Wildman–Crippen LogP) is -0.0587. The first kappa shape index (κ1) is 12.1. The molecule has 2 atom stereocenters. The van der Waals surface area contributed by atoms with Gasteiger partial charge in [0.25, 0.3) is 10.0 Å². The topological polar surface area (TPSA) is 112 Å². The molecule has 2 unspecified atom stereocenters. The Morgan fingerprint density at radius 1 is 1.53 bits per heavy atom. The highest BCUT2D eigenvalue weighted by Gasteiger charge is 2.32. The van der Waals surface area contributed by atoms with E-state index >= 15 is 0 Å². The Morgan fingerprint density at radius 3 is 2.82 bits per heavy atom. The van der Waals surface area contributed by atoms with E-state index in [4.69, 9.17) is 5.11 Å². The fourth-order valence-corrected chi connectivity index (χ4v) is 3.17. The molecule has 3 N–H and O–H groups in total. The average Bonchev–Trinajstić information content (AvgIpc) is 2.85. The zero-order valence-corrected chi connectivity index (χ0v) is 9.77. The Hall–Kier alpha value is -1.41. The summed E-state index contributed by atoms with van der Waals surface area (Å²) in [4.78, 5) is 16.9. The second kappa shape index (κ2) is 4.46. The summed E-state index contributed by atoms with van der Waals surface area (Å²) >= 11 is 0. The maximum absolute atomic E-state index is 11.8. The van der Waals surface area contributed by atoms with E-state index in [0.29, 0.717) is 19.3 Å². The van der Waals surface area contributed by atoms with Gasteiger partial charge in [0.1, 0.15) is 0 Å². The molecule has 0 radical (unpaired) electrons. The van der Waals surface area contributed by atoms with Crippen molar-refractivity contribution in [2.75, 3.05) is 0 Å². The molecule has 0 spiro atoms. The Balaban J connectivity index is 2.01. The highest BCUT2D eigenvalue weighted by atomic mass is 32.2. The van der Waals surface area contributed by atoms with E-state index < -0.39 is 21.9 Å². The lowest BCUT2D eigenvalue weighted by Gasteiger charge is -2.11. The fraction of sp³-hybridized carbons (Fsp3) is 0.556. The van der Waals surface area contributed by atoms with Gasteiger partial charge >= 0.3 is 5.97 Å². The molecule has 1 aliphatic rings. The molecule has 17 heavy (non-hydrogen) atoms. The number of H-pyrrole nitrogens is 1. The number of hydrogen-bond donors (Lipinski definition) is 3. The minimum absolute atomic E-state index is 0.00345. The summed E-state index contributed by atoms with van der Waals surface area (Å²) < 4.78 is 26.1. The summed E-state index contributed by atoms with van der Waals surface area (Å²) in [6, 6.07) is -0.315. The van der Waals surface area contributed by atoms with E-state index in [2.05, 4.69) is 14.7 Å². The third kappa shape index (κ3) is 2.64. The number of aliphatic carboxylic acids is 1. The molecule has 1 aromatic heterocycles. The van der Waals surface area contributed by atoms with Crippen LogP contribution in [0.3, 0.4) is 0 Å². The van der Waals surface area contributed by atoms with Crippen LogP contribution in [-0.4, -0.2) is 35.5 Å². The van der Waals surface area contributed by atoms with Gasteiger partial charge in [0.15, 0.2) is 5.03 Å². The number of sulfonamides is 1. The predicted molar refractivity (Wildman–Crippen MR) is 57.7 cm³/mol. The molecular formula is C9H13N3O4S. The second-order valence-electron chi connectivity index (χ2n) is 4.08. The van der Waals surface area contributed by atoms with Crippen molar-refractivity contribution in [3.05, 3.63) is 12.5 Å². The zero-order valence-electron chi connectivity index (χ0n) is 8.96. The molecule has 1 aromatic rings. The molecule has 1 heterocycles. The van der Waals surface area contributed by atoms with Gasteiger partial charge in [-0.25, -0.2) is 18.1 Å². The smallest absolute Gasteiger partial charge is 0.306 e. The average molecular weight is 259 g/mol. The van der Waals surface area contributed by atoms with Crippen molar-refractivity contribution in [2.24, 2.45) is 5.92 Å². The van der Waals surface area contributed by atoms with Crippen LogP contribution in [0, 0.1) is 5.92 Å². The molecule has 0 amide bonds. The summed E-state index contributed by atoms with van der Waals surface area (Å²) in [6.45, 7) is 0. The van der Waals surface area contributed by atoms with Gasteiger partial charge in [-0.05, 0) is 19.3 Å². The van der Waals surface area contributed by atoms with Crippen LogP contribution in [-0.2, 0) is 14.8 Å². The first-order valence-electron chi connectivity index (χ1n) is 5.22. The Bertz CT molecular complexity index is 496. The van der Waals surface area contributed by atoms with E-state index in [1.165, 1.54) is 12.5 Å². The molecule has 0 aromatic carbocycles. The van der Waals surface area contributed by atoms with E-state index in [1.54, 1.807) is 0 Å². The molecule has 2 rings (SSSR count). The standard InChI is InChI=1S/C9H13N3O4S/c13-9(14)6-1-2-7(3-6)12-17(15,16)8-4-10-5-11-8/h4-7,12H,1-3H2,(H,10,11)(H,13,14). The van der Waals surface area contributed by atoms with Crippen molar-refractivity contribution >= 4 is 16.0 Å². The lowest BCUT2D eigenvalue weighted by atomic mass is 10.1. The number of aromatic nitrogens is 2. The number of carbonyl (C=O) groups is 1. The number of hydrogen-bond acceptors (Lipinski definition) is 4. The second-order valence-corrected chi connectivity index (χ2v) is 5.76. The Morgan fingerprint density at radius 2 is 2.29 bits per heavy atom. The molecule has 1 aliphatic carbocycles. The van der Waals surface area contributed by atoms with Gasteiger partial charge in [0, 0.05) is 6.04 Å². The first-order chi connectivity index (χ1) is 7.99. The van der Waals surface area contributed by atoms with E-state index in [0.717, 1.165) is 0 Å². The van der Waals surface area contributed by atoms with Crippen molar-refractivity contribution < 1.29 is 18.3 Å². The van der Waals surface area contributed by atoms with Crippen molar-refractivity contribution in [1.82, 2.24) is 14.7 Å². The molecule has 0 bridgehead atoms. The summed E-state index contributed by atoms with van der Waals surface area (Å²) in [5, 5.41) is 8.82. The summed E-state index contributed by atoms with van der Waals surface area (Å²) in [7, 11) is -3.61. The number of nitrogens with zero attached hydrogens (tertiary/aromatic N) is 1. The number of carboxylic acids is 1. The molecule has 8 heteroatoms. The third-order valence-corrected chi connectivity index (χ3v) is 4.31. The zero-order chi connectivity index (χ0) is 12.5. The number of rotatable bonds is 4. The Kier molecular flexibility index (Phi) is 3.16. The summed E-state index contributed by atoms with van der Waals surface area (Å²) in [5.74, 6) is -1.32. The monoisotopic (exact) mass is 259 g/mol. The van der Waals surface area contributed by atoms with Crippen LogP contribution in [0.15, 0.2) is 17.6 Å². The SMILES string of the molecule is O=C(O)C1CCC(NS(=O)(=O)c2cnc[nH]2)C1. The van der Waals surface area contributed by atoms with Crippen LogP contribution >= 0.6 is 0 Å². The number of aromatic amines is 1. The Labute approximate surface area is 98.3 Å². The van der Waals surface area contributed by atoms with Crippen molar-refractivity contribution in [3.8, 4) is 0 Å². The van der Waals surface area contributed by atoms with E-state index in [-0.39, 0.29) is 11.1 Å². The van der Waals surface area contributed by atoms with Gasteiger partial charge in [-0.1, -0.05) is 0 Å². The maximum Gasteiger partial charge on any atom is 0.306 e. The molecule has 94 valence electrons. The van der Waals surface area contributed by atoms with Gasteiger partial charge in [-0.3, -0.25) is 4.79 Å². The van der Waals surface area contributed by atoms with Crippen LogP contribution in [0.2, 0.25) is 0 Å². The normalized spacial score (nSPS) is 24.9. The highest BCUT2D eigenvalue weighted by Crippen LogP contribution is 2.26.